The van der Waals surface area contributed by atoms with Crippen LogP contribution in [0.2, 0.25) is 0 Å². The van der Waals surface area contributed by atoms with Crippen LogP contribution >= 0.6 is 24.0 Å². The average Bonchev–Trinajstić information content (AvgIpc) is 2.82. The van der Waals surface area contributed by atoms with Gasteiger partial charge >= 0.3 is 0 Å². The Morgan fingerprint density at radius 3 is 2.52 bits per heavy atom. The lowest BCUT2D eigenvalue weighted by atomic mass is 10.0. The molecule has 7 heteroatoms. The summed E-state index contributed by atoms with van der Waals surface area (Å²) >= 11 is 0. The van der Waals surface area contributed by atoms with Gasteiger partial charge in [-0.15, -0.1) is 24.0 Å². The molecule has 168 valence electrons. The minimum absolute atomic E-state index is 0. The summed E-state index contributed by atoms with van der Waals surface area (Å²) in [5.41, 5.74) is 3.59. The van der Waals surface area contributed by atoms with Crippen molar-refractivity contribution in [2.75, 3.05) is 26.9 Å². The van der Waals surface area contributed by atoms with E-state index < -0.39 is 0 Å². The van der Waals surface area contributed by atoms with Gasteiger partial charge in [0.25, 0.3) is 0 Å². The monoisotopic (exact) mass is 537 g/mol. The van der Waals surface area contributed by atoms with E-state index in [4.69, 9.17) is 14.2 Å². The molecule has 0 radical (unpaired) electrons. The number of benzene rings is 2. The second-order valence-electron chi connectivity index (χ2n) is 7.74. The molecule has 0 spiro atoms. The first-order valence-corrected chi connectivity index (χ1v) is 10.8. The van der Waals surface area contributed by atoms with E-state index in [0.29, 0.717) is 25.9 Å². The summed E-state index contributed by atoms with van der Waals surface area (Å²) in [6.45, 7) is 3.70. The third kappa shape index (κ3) is 6.82. The zero-order valence-electron chi connectivity index (χ0n) is 18.0. The largest absolute Gasteiger partial charge is 0.493 e. The number of nitrogens with zero attached hydrogens (tertiary/aromatic N) is 1. The molecule has 1 saturated heterocycles. The fraction of sp³-hybridized carbons (Fsp3) is 0.458. The lowest BCUT2D eigenvalue weighted by Crippen LogP contribution is -2.40. The van der Waals surface area contributed by atoms with E-state index in [1.807, 2.05) is 18.2 Å². The maximum Gasteiger partial charge on any atom is 0.191 e. The maximum absolute atomic E-state index is 6.00. The molecule has 1 atom stereocenters. The van der Waals surface area contributed by atoms with Gasteiger partial charge in [0, 0.05) is 38.8 Å². The third-order valence-corrected chi connectivity index (χ3v) is 5.63. The van der Waals surface area contributed by atoms with Crippen LogP contribution in [-0.4, -0.2) is 38.9 Å². The lowest BCUT2D eigenvalue weighted by Gasteiger charge is -2.28. The molecule has 0 saturated carbocycles. The van der Waals surface area contributed by atoms with Crippen LogP contribution in [0, 0.1) is 0 Å². The van der Waals surface area contributed by atoms with Crippen LogP contribution in [-0.2, 0) is 22.6 Å². The van der Waals surface area contributed by atoms with Crippen molar-refractivity contribution in [2.24, 2.45) is 4.99 Å². The fourth-order valence-corrected chi connectivity index (χ4v) is 3.85. The fourth-order valence-electron chi connectivity index (χ4n) is 3.85. The molecule has 0 amide bonds. The summed E-state index contributed by atoms with van der Waals surface area (Å²) in [6.07, 6.45) is 3.22. The molecule has 2 aliphatic heterocycles. The van der Waals surface area contributed by atoms with Gasteiger partial charge < -0.3 is 24.8 Å². The molecule has 0 aromatic heterocycles. The molecular weight excluding hydrogens is 505 g/mol. The molecular formula is C24H32IN3O3. The van der Waals surface area contributed by atoms with Crippen LogP contribution in [0.25, 0.3) is 0 Å². The number of halogens is 1. The second kappa shape index (κ2) is 12.3. The van der Waals surface area contributed by atoms with E-state index in [1.165, 1.54) is 16.7 Å². The van der Waals surface area contributed by atoms with Gasteiger partial charge in [-0.2, -0.15) is 0 Å². The van der Waals surface area contributed by atoms with Gasteiger partial charge in [0.2, 0.25) is 0 Å². The van der Waals surface area contributed by atoms with Crippen molar-refractivity contribution in [1.82, 2.24) is 10.6 Å². The Labute approximate surface area is 201 Å². The number of hydrogen-bond acceptors (Lipinski definition) is 4. The van der Waals surface area contributed by atoms with Gasteiger partial charge in [0.1, 0.15) is 5.75 Å². The third-order valence-electron chi connectivity index (χ3n) is 5.63. The quantitative estimate of drug-likeness (QED) is 0.329. The normalized spacial score (nSPS) is 19.0. The molecule has 4 rings (SSSR count). The molecule has 2 aliphatic rings. The van der Waals surface area contributed by atoms with Crippen molar-refractivity contribution in [3.8, 4) is 5.75 Å². The van der Waals surface area contributed by atoms with E-state index in [2.05, 4.69) is 46.0 Å². The first kappa shape index (κ1) is 23.8. The molecule has 31 heavy (non-hydrogen) atoms. The Morgan fingerprint density at radius 1 is 1.00 bits per heavy atom. The number of guanidine groups is 1. The Bertz CT molecular complexity index is 838. The van der Waals surface area contributed by atoms with Crippen molar-refractivity contribution >= 4 is 29.9 Å². The summed E-state index contributed by atoms with van der Waals surface area (Å²) < 4.78 is 17.1. The Morgan fingerprint density at radius 2 is 1.74 bits per heavy atom. The van der Waals surface area contributed by atoms with Gasteiger partial charge in [-0.05, 0) is 30.0 Å². The number of rotatable bonds is 6. The van der Waals surface area contributed by atoms with Gasteiger partial charge in [0.15, 0.2) is 5.96 Å². The topological polar surface area (TPSA) is 64.1 Å². The van der Waals surface area contributed by atoms with Crippen LogP contribution < -0.4 is 15.4 Å². The van der Waals surface area contributed by atoms with Crippen molar-refractivity contribution in [3.05, 3.63) is 65.2 Å². The first-order chi connectivity index (χ1) is 14.8. The van der Waals surface area contributed by atoms with Crippen molar-refractivity contribution < 1.29 is 14.2 Å². The molecule has 6 nitrogen and oxygen atoms in total. The van der Waals surface area contributed by atoms with E-state index in [9.17, 15) is 0 Å². The lowest BCUT2D eigenvalue weighted by molar-refractivity contribution is -0.0390. The van der Waals surface area contributed by atoms with Gasteiger partial charge in [-0.3, -0.25) is 4.99 Å². The van der Waals surface area contributed by atoms with Crippen LogP contribution in [0.4, 0.5) is 0 Å². The average molecular weight is 537 g/mol. The number of nitrogens with one attached hydrogen (secondary N) is 2. The summed E-state index contributed by atoms with van der Waals surface area (Å²) in [6, 6.07) is 17.0. The highest BCUT2D eigenvalue weighted by Gasteiger charge is 2.21. The summed E-state index contributed by atoms with van der Waals surface area (Å²) in [5.74, 6) is 1.75. The zero-order chi connectivity index (χ0) is 20.6. The van der Waals surface area contributed by atoms with Crippen molar-refractivity contribution in [3.63, 3.8) is 0 Å². The molecule has 2 N–H and O–H groups in total. The number of aliphatic imine (C=N–C) groups is 1. The molecule has 2 heterocycles. The van der Waals surface area contributed by atoms with E-state index in [1.54, 1.807) is 7.05 Å². The Hall–Kier alpha value is -1.84. The summed E-state index contributed by atoms with van der Waals surface area (Å²) in [5, 5.41) is 6.95. The molecule has 0 bridgehead atoms. The number of ether oxygens (including phenoxy) is 3. The van der Waals surface area contributed by atoms with Gasteiger partial charge in [-0.25, -0.2) is 0 Å². The Kier molecular flexibility index (Phi) is 9.42. The molecule has 2 aromatic carbocycles. The first-order valence-electron chi connectivity index (χ1n) is 10.8. The van der Waals surface area contributed by atoms with Crippen molar-refractivity contribution in [2.45, 2.75) is 44.6 Å². The second-order valence-corrected chi connectivity index (χ2v) is 7.74. The predicted octanol–water partition coefficient (Wildman–Crippen LogP) is 4.19. The molecule has 0 aliphatic carbocycles. The number of hydrogen-bond donors (Lipinski definition) is 2. The van der Waals surface area contributed by atoms with Crippen LogP contribution in [0.15, 0.2) is 53.5 Å². The van der Waals surface area contributed by atoms with Crippen LogP contribution in [0.1, 0.15) is 42.0 Å². The van der Waals surface area contributed by atoms with Crippen LogP contribution in [0.5, 0.6) is 5.75 Å². The number of para-hydroxylation sites is 1. The minimum Gasteiger partial charge on any atom is -0.493 e. The highest BCUT2D eigenvalue weighted by Crippen LogP contribution is 2.31. The van der Waals surface area contributed by atoms with E-state index in [-0.39, 0.29) is 30.0 Å². The highest BCUT2D eigenvalue weighted by molar-refractivity contribution is 14.0. The molecule has 1 unspecified atom stereocenters. The minimum atomic E-state index is 0. The van der Waals surface area contributed by atoms with Gasteiger partial charge in [0.05, 0.1) is 25.4 Å². The van der Waals surface area contributed by atoms with E-state index in [0.717, 1.165) is 44.2 Å². The molecule has 1 fully saturated rings. The predicted molar refractivity (Wildman–Crippen MR) is 133 cm³/mol. The van der Waals surface area contributed by atoms with Crippen molar-refractivity contribution in [1.29, 1.82) is 0 Å². The smallest absolute Gasteiger partial charge is 0.191 e. The summed E-state index contributed by atoms with van der Waals surface area (Å²) in [7, 11) is 1.80. The maximum atomic E-state index is 6.00. The zero-order valence-corrected chi connectivity index (χ0v) is 20.3. The van der Waals surface area contributed by atoms with E-state index >= 15 is 0 Å². The summed E-state index contributed by atoms with van der Waals surface area (Å²) in [4.78, 5) is 4.39. The van der Waals surface area contributed by atoms with Gasteiger partial charge in [-0.1, -0.05) is 42.5 Å². The Balaban J connectivity index is 0.00000272. The number of fused-ring (bicyclic) bond motifs is 1. The SMILES string of the molecule is CN=C(NCc1ccc(COC2CCOCC2)cc1)NC1CCOc2ccccc21.I. The van der Waals surface area contributed by atoms with Crippen LogP contribution in [0.3, 0.4) is 0 Å². The highest BCUT2D eigenvalue weighted by atomic mass is 127. The molecule has 2 aromatic rings. The standard InChI is InChI=1S/C24H31N3O3.HI/c1-25-24(27-22-12-15-29-23-5-3-2-4-21(22)23)26-16-18-6-8-19(9-7-18)17-30-20-10-13-28-14-11-20;/h2-9,20,22H,10-17H2,1H3,(H2,25,26,27);1H.